The Morgan fingerprint density at radius 2 is 1.71 bits per heavy atom. The van der Waals surface area contributed by atoms with E-state index in [-0.39, 0.29) is 22.9 Å². The second-order valence-corrected chi connectivity index (χ2v) is 8.12. The molecule has 0 fully saturated rings. The molecule has 1 N–H and O–H groups in total. The molecule has 0 heterocycles. The summed E-state index contributed by atoms with van der Waals surface area (Å²) >= 11 is 0. The van der Waals surface area contributed by atoms with Crippen LogP contribution >= 0.6 is 0 Å². The molecule has 0 aliphatic carbocycles. The summed E-state index contributed by atoms with van der Waals surface area (Å²) in [6.07, 6.45) is 1.52. The molecule has 0 aromatic heterocycles. The predicted octanol–water partition coefficient (Wildman–Crippen LogP) is 5.24. The van der Waals surface area contributed by atoms with Gasteiger partial charge >= 0.3 is 0 Å². The van der Waals surface area contributed by atoms with E-state index >= 15 is 0 Å². The van der Waals surface area contributed by atoms with Crippen molar-refractivity contribution in [2.75, 3.05) is 5.32 Å². The number of nitrogens with one attached hydrogen (secondary N) is 1. The first-order chi connectivity index (χ1) is 13.2. The molecule has 0 radical (unpaired) electrons. The highest BCUT2D eigenvalue weighted by molar-refractivity contribution is 5.97. The molecule has 2 aromatic rings. The van der Waals surface area contributed by atoms with Gasteiger partial charge in [0.1, 0.15) is 11.6 Å². The number of para-hydroxylation sites is 1. The van der Waals surface area contributed by atoms with Crippen LogP contribution < -0.4 is 5.32 Å². The average Bonchev–Trinajstić information content (AvgIpc) is 2.66. The van der Waals surface area contributed by atoms with Gasteiger partial charge in [0.2, 0.25) is 0 Å². The standard InChI is InChI=1S/C24H29N3O/c1-18(2)27(17-19-11-7-6-8-12-19)23(28)20(15-25)16-26-22-14-10-9-13-21(22)24(3,4)5/h6-14,16,18,26H,17H2,1-5H3/b20-16-. The lowest BCUT2D eigenvalue weighted by Crippen LogP contribution is -2.37. The quantitative estimate of drug-likeness (QED) is 0.555. The Labute approximate surface area is 168 Å². The van der Waals surface area contributed by atoms with Crippen molar-refractivity contribution in [1.82, 2.24) is 4.90 Å². The van der Waals surface area contributed by atoms with Gasteiger partial charge in [-0.3, -0.25) is 4.79 Å². The van der Waals surface area contributed by atoms with Crippen molar-refractivity contribution in [3.05, 3.63) is 77.5 Å². The fourth-order valence-electron chi connectivity index (χ4n) is 2.98. The molecular formula is C24H29N3O. The van der Waals surface area contributed by atoms with Crippen LogP contribution in [0.5, 0.6) is 0 Å². The third kappa shape index (κ3) is 5.47. The van der Waals surface area contributed by atoms with Gasteiger partial charge in [-0.1, -0.05) is 69.3 Å². The molecule has 0 aliphatic rings. The first kappa shape index (κ1) is 21.2. The number of carbonyl (C=O) groups excluding carboxylic acids is 1. The van der Waals surface area contributed by atoms with Crippen LogP contribution in [0.15, 0.2) is 66.4 Å². The van der Waals surface area contributed by atoms with Gasteiger partial charge < -0.3 is 10.2 Å². The second-order valence-electron chi connectivity index (χ2n) is 8.12. The average molecular weight is 376 g/mol. The summed E-state index contributed by atoms with van der Waals surface area (Å²) in [5.74, 6) is -0.276. The lowest BCUT2D eigenvalue weighted by atomic mass is 9.86. The fraction of sp³-hybridized carbons (Fsp3) is 0.333. The summed E-state index contributed by atoms with van der Waals surface area (Å²) in [4.78, 5) is 14.7. The van der Waals surface area contributed by atoms with E-state index in [1.54, 1.807) is 4.90 Å². The molecule has 2 rings (SSSR count). The Balaban J connectivity index is 2.26. The molecule has 1 amide bonds. The van der Waals surface area contributed by atoms with E-state index in [0.717, 1.165) is 16.8 Å². The van der Waals surface area contributed by atoms with Gasteiger partial charge in [-0.25, -0.2) is 0 Å². The fourth-order valence-corrected chi connectivity index (χ4v) is 2.98. The Morgan fingerprint density at radius 3 is 2.29 bits per heavy atom. The minimum absolute atomic E-state index is 0.0219. The Kier molecular flexibility index (Phi) is 7.00. The van der Waals surface area contributed by atoms with Gasteiger partial charge in [-0.15, -0.1) is 0 Å². The highest BCUT2D eigenvalue weighted by Crippen LogP contribution is 2.29. The molecule has 0 saturated carbocycles. The molecule has 0 saturated heterocycles. The maximum Gasteiger partial charge on any atom is 0.266 e. The van der Waals surface area contributed by atoms with Gasteiger partial charge in [-0.2, -0.15) is 5.26 Å². The minimum atomic E-state index is -0.276. The van der Waals surface area contributed by atoms with Crippen LogP contribution in [0, 0.1) is 11.3 Å². The van der Waals surface area contributed by atoms with E-state index in [0.29, 0.717) is 6.54 Å². The molecule has 4 heteroatoms. The number of nitriles is 1. The van der Waals surface area contributed by atoms with Crippen LogP contribution in [-0.4, -0.2) is 16.8 Å². The van der Waals surface area contributed by atoms with Gasteiger partial charge in [0.25, 0.3) is 5.91 Å². The van der Waals surface area contributed by atoms with Crippen molar-refractivity contribution < 1.29 is 4.79 Å². The second kappa shape index (κ2) is 9.23. The van der Waals surface area contributed by atoms with E-state index in [4.69, 9.17) is 0 Å². The summed E-state index contributed by atoms with van der Waals surface area (Å²) in [7, 11) is 0. The molecule has 0 aliphatic heterocycles. The lowest BCUT2D eigenvalue weighted by Gasteiger charge is -2.27. The number of hydrogen-bond acceptors (Lipinski definition) is 3. The Morgan fingerprint density at radius 1 is 1.11 bits per heavy atom. The topological polar surface area (TPSA) is 56.1 Å². The van der Waals surface area contributed by atoms with Crippen molar-refractivity contribution in [2.45, 2.75) is 52.6 Å². The first-order valence-electron chi connectivity index (χ1n) is 9.55. The Hall–Kier alpha value is -3.06. The minimum Gasteiger partial charge on any atom is -0.360 e. The summed E-state index contributed by atoms with van der Waals surface area (Å²) in [5, 5.41) is 12.8. The number of hydrogen-bond donors (Lipinski definition) is 1. The molecule has 0 bridgehead atoms. The molecule has 0 unspecified atom stereocenters. The number of rotatable bonds is 6. The van der Waals surface area contributed by atoms with E-state index in [1.165, 1.54) is 6.20 Å². The van der Waals surface area contributed by atoms with Crippen LogP contribution in [0.3, 0.4) is 0 Å². The smallest absolute Gasteiger partial charge is 0.266 e. The van der Waals surface area contributed by atoms with E-state index in [9.17, 15) is 10.1 Å². The molecule has 28 heavy (non-hydrogen) atoms. The van der Waals surface area contributed by atoms with Gasteiger partial charge in [0.05, 0.1) is 0 Å². The van der Waals surface area contributed by atoms with Crippen molar-refractivity contribution in [3.8, 4) is 6.07 Å². The summed E-state index contributed by atoms with van der Waals surface area (Å²) in [6.45, 7) is 10.8. The van der Waals surface area contributed by atoms with Crippen LogP contribution in [0.4, 0.5) is 5.69 Å². The highest BCUT2D eigenvalue weighted by atomic mass is 16.2. The highest BCUT2D eigenvalue weighted by Gasteiger charge is 2.22. The van der Waals surface area contributed by atoms with Crippen LogP contribution in [0.1, 0.15) is 45.7 Å². The summed E-state index contributed by atoms with van der Waals surface area (Å²) in [6, 6.07) is 19.8. The van der Waals surface area contributed by atoms with E-state index in [2.05, 4.69) is 38.2 Å². The molecule has 4 nitrogen and oxygen atoms in total. The van der Waals surface area contributed by atoms with E-state index in [1.807, 2.05) is 62.4 Å². The normalized spacial score (nSPS) is 11.8. The maximum atomic E-state index is 13.0. The monoisotopic (exact) mass is 375 g/mol. The Bertz CT molecular complexity index is 871. The van der Waals surface area contributed by atoms with Crippen molar-refractivity contribution in [3.63, 3.8) is 0 Å². The number of amides is 1. The third-order valence-corrected chi connectivity index (χ3v) is 4.54. The van der Waals surface area contributed by atoms with Crippen molar-refractivity contribution >= 4 is 11.6 Å². The van der Waals surface area contributed by atoms with E-state index < -0.39 is 0 Å². The number of carbonyl (C=O) groups is 1. The lowest BCUT2D eigenvalue weighted by molar-refractivity contribution is -0.129. The summed E-state index contributed by atoms with van der Waals surface area (Å²) in [5.41, 5.74) is 3.10. The molecule has 0 atom stereocenters. The molecule has 146 valence electrons. The summed E-state index contributed by atoms with van der Waals surface area (Å²) < 4.78 is 0. The van der Waals surface area contributed by atoms with Gasteiger partial charge in [0, 0.05) is 24.5 Å². The van der Waals surface area contributed by atoms with Crippen LogP contribution in [0.2, 0.25) is 0 Å². The number of anilines is 1. The molecular weight excluding hydrogens is 346 g/mol. The van der Waals surface area contributed by atoms with Gasteiger partial charge in [0.15, 0.2) is 0 Å². The zero-order valence-corrected chi connectivity index (χ0v) is 17.4. The molecule has 2 aromatic carbocycles. The van der Waals surface area contributed by atoms with Crippen LogP contribution in [-0.2, 0) is 16.8 Å². The predicted molar refractivity (Wildman–Crippen MR) is 115 cm³/mol. The zero-order valence-electron chi connectivity index (χ0n) is 17.4. The SMILES string of the molecule is CC(C)N(Cc1ccccc1)C(=O)/C(C#N)=C\Nc1ccccc1C(C)(C)C. The van der Waals surface area contributed by atoms with Gasteiger partial charge in [-0.05, 0) is 36.5 Å². The van der Waals surface area contributed by atoms with Crippen molar-refractivity contribution in [1.29, 1.82) is 5.26 Å². The first-order valence-corrected chi connectivity index (χ1v) is 9.55. The number of nitrogens with zero attached hydrogens (tertiary/aromatic N) is 2. The third-order valence-electron chi connectivity index (χ3n) is 4.54. The zero-order chi connectivity index (χ0) is 20.7. The van der Waals surface area contributed by atoms with Crippen molar-refractivity contribution in [2.24, 2.45) is 0 Å². The molecule has 0 spiro atoms. The van der Waals surface area contributed by atoms with Crippen LogP contribution in [0.25, 0.3) is 0 Å². The largest absolute Gasteiger partial charge is 0.360 e. The maximum absolute atomic E-state index is 13.0. The number of benzene rings is 2.